The van der Waals surface area contributed by atoms with Gasteiger partial charge in [0, 0.05) is 29.6 Å². The molecule has 2 rings (SSSR count). The van der Waals surface area contributed by atoms with E-state index in [1.807, 2.05) is 35.8 Å². The zero-order chi connectivity index (χ0) is 13.3. The number of aromatic nitrogens is 1. The van der Waals surface area contributed by atoms with Gasteiger partial charge < -0.3 is 10.3 Å². The van der Waals surface area contributed by atoms with Crippen molar-refractivity contribution >= 4 is 11.6 Å². The van der Waals surface area contributed by atoms with Crippen molar-refractivity contribution in [2.24, 2.45) is 5.73 Å². The van der Waals surface area contributed by atoms with E-state index in [4.69, 9.17) is 17.3 Å². The molecule has 18 heavy (non-hydrogen) atoms. The highest BCUT2D eigenvalue weighted by molar-refractivity contribution is 6.32. The molecule has 2 N–H and O–H groups in total. The number of pyridine rings is 1. The summed E-state index contributed by atoms with van der Waals surface area (Å²) in [6.45, 7) is 3.67. The minimum absolute atomic E-state index is 0.0363. The zero-order valence-corrected chi connectivity index (χ0v) is 11.1. The van der Waals surface area contributed by atoms with Gasteiger partial charge in [-0.05, 0) is 26.0 Å². The first-order chi connectivity index (χ1) is 8.50. The zero-order valence-electron chi connectivity index (χ0n) is 10.4. The molecule has 0 bridgehead atoms. The normalized spacial score (nSPS) is 12.4. The molecule has 0 spiro atoms. The number of hydrogen-bond acceptors (Lipinski definition) is 2. The van der Waals surface area contributed by atoms with Gasteiger partial charge in [-0.2, -0.15) is 0 Å². The number of rotatable bonds is 2. The smallest absolute Gasteiger partial charge is 0.186 e. The van der Waals surface area contributed by atoms with E-state index in [0.717, 1.165) is 11.4 Å². The Labute approximate surface area is 111 Å². The summed E-state index contributed by atoms with van der Waals surface area (Å²) in [5, 5.41) is 0.639. The first kappa shape index (κ1) is 12.9. The van der Waals surface area contributed by atoms with Gasteiger partial charge in [0.1, 0.15) is 0 Å². The lowest BCUT2D eigenvalue weighted by Gasteiger charge is -2.15. The van der Waals surface area contributed by atoms with Crippen LogP contribution in [0.5, 0.6) is 0 Å². The summed E-state index contributed by atoms with van der Waals surface area (Å²) in [5.41, 5.74) is 8.03. The molecule has 1 heterocycles. The SMILES string of the molecule is Cc1cc(=O)c(C(C)N)cn1-c1ccccc1Cl. The molecular weight excluding hydrogens is 248 g/mol. The molecule has 0 saturated carbocycles. The lowest BCUT2D eigenvalue weighted by atomic mass is 10.1. The van der Waals surface area contributed by atoms with Crippen LogP contribution in [0.15, 0.2) is 41.3 Å². The van der Waals surface area contributed by atoms with E-state index in [9.17, 15) is 4.79 Å². The topological polar surface area (TPSA) is 48.0 Å². The number of aryl methyl sites for hydroxylation is 1. The number of nitrogens with zero attached hydrogens (tertiary/aromatic N) is 1. The van der Waals surface area contributed by atoms with Crippen LogP contribution >= 0.6 is 11.6 Å². The Morgan fingerprint density at radius 2 is 2.00 bits per heavy atom. The Balaban J connectivity index is 2.69. The Bertz CT molecular complexity index is 632. The van der Waals surface area contributed by atoms with Crippen molar-refractivity contribution in [1.82, 2.24) is 4.57 Å². The van der Waals surface area contributed by atoms with Crippen molar-refractivity contribution in [3.05, 3.63) is 63.0 Å². The van der Waals surface area contributed by atoms with E-state index in [-0.39, 0.29) is 11.5 Å². The van der Waals surface area contributed by atoms with Crippen LogP contribution in [-0.4, -0.2) is 4.57 Å². The second kappa shape index (κ2) is 4.96. The maximum atomic E-state index is 11.8. The average Bonchev–Trinajstić information content (AvgIpc) is 2.30. The first-order valence-electron chi connectivity index (χ1n) is 5.74. The highest BCUT2D eigenvalue weighted by Crippen LogP contribution is 2.21. The van der Waals surface area contributed by atoms with Crippen molar-refractivity contribution in [2.75, 3.05) is 0 Å². The number of nitrogens with two attached hydrogens (primary N) is 1. The summed E-state index contributed by atoms with van der Waals surface area (Å²) in [6, 6.07) is 8.79. The Morgan fingerprint density at radius 3 is 2.61 bits per heavy atom. The van der Waals surface area contributed by atoms with E-state index < -0.39 is 0 Å². The Morgan fingerprint density at radius 1 is 1.33 bits per heavy atom. The van der Waals surface area contributed by atoms with Crippen molar-refractivity contribution in [2.45, 2.75) is 19.9 Å². The standard InChI is InChI=1S/C14H15ClN2O/c1-9-7-14(18)11(10(2)16)8-17(9)13-6-4-3-5-12(13)15/h3-8,10H,16H2,1-2H3. The van der Waals surface area contributed by atoms with E-state index >= 15 is 0 Å². The fraction of sp³-hybridized carbons (Fsp3) is 0.214. The summed E-state index contributed by atoms with van der Waals surface area (Å²) >= 11 is 6.17. The highest BCUT2D eigenvalue weighted by Gasteiger charge is 2.10. The van der Waals surface area contributed by atoms with Gasteiger partial charge in [-0.25, -0.2) is 0 Å². The highest BCUT2D eigenvalue weighted by atomic mass is 35.5. The number of para-hydroxylation sites is 1. The molecule has 1 aromatic carbocycles. The van der Waals surface area contributed by atoms with Crippen LogP contribution in [0.2, 0.25) is 5.02 Å². The summed E-state index contributed by atoms with van der Waals surface area (Å²) in [4.78, 5) is 11.8. The summed E-state index contributed by atoms with van der Waals surface area (Å²) in [7, 11) is 0. The van der Waals surface area contributed by atoms with Crippen LogP contribution in [0.25, 0.3) is 5.69 Å². The van der Waals surface area contributed by atoms with Gasteiger partial charge in [-0.3, -0.25) is 4.79 Å². The van der Waals surface area contributed by atoms with Crippen LogP contribution in [0, 0.1) is 6.92 Å². The molecule has 0 aliphatic carbocycles. The second-order valence-corrected chi connectivity index (χ2v) is 4.75. The van der Waals surface area contributed by atoms with Crippen molar-refractivity contribution in [1.29, 1.82) is 0 Å². The number of halogens is 1. The molecule has 4 heteroatoms. The van der Waals surface area contributed by atoms with Gasteiger partial charge in [-0.15, -0.1) is 0 Å². The van der Waals surface area contributed by atoms with E-state index in [2.05, 4.69) is 0 Å². The Hall–Kier alpha value is -1.58. The van der Waals surface area contributed by atoms with Crippen LogP contribution in [0.1, 0.15) is 24.2 Å². The van der Waals surface area contributed by atoms with E-state index in [0.29, 0.717) is 10.6 Å². The fourth-order valence-corrected chi connectivity index (χ4v) is 2.12. The minimum atomic E-state index is -0.299. The van der Waals surface area contributed by atoms with Crippen LogP contribution in [0.4, 0.5) is 0 Å². The molecule has 1 atom stereocenters. The lowest BCUT2D eigenvalue weighted by molar-refractivity contribution is 0.786. The summed E-state index contributed by atoms with van der Waals surface area (Å²) in [5.74, 6) is 0. The lowest BCUT2D eigenvalue weighted by Crippen LogP contribution is -2.20. The maximum Gasteiger partial charge on any atom is 0.186 e. The molecule has 0 aliphatic heterocycles. The van der Waals surface area contributed by atoms with Gasteiger partial charge in [-0.1, -0.05) is 23.7 Å². The van der Waals surface area contributed by atoms with E-state index in [1.54, 1.807) is 19.2 Å². The van der Waals surface area contributed by atoms with Gasteiger partial charge in [0.2, 0.25) is 0 Å². The second-order valence-electron chi connectivity index (χ2n) is 4.34. The van der Waals surface area contributed by atoms with E-state index in [1.165, 1.54) is 0 Å². The quantitative estimate of drug-likeness (QED) is 0.905. The summed E-state index contributed by atoms with van der Waals surface area (Å²) < 4.78 is 1.89. The fourth-order valence-electron chi connectivity index (χ4n) is 1.90. The van der Waals surface area contributed by atoms with Gasteiger partial charge in [0.05, 0.1) is 10.7 Å². The van der Waals surface area contributed by atoms with Crippen molar-refractivity contribution in [3.63, 3.8) is 0 Å². The van der Waals surface area contributed by atoms with Crippen LogP contribution in [0.3, 0.4) is 0 Å². The molecule has 1 unspecified atom stereocenters. The van der Waals surface area contributed by atoms with Gasteiger partial charge in [0.15, 0.2) is 5.43 Å². The van der Waals surface area contributed by atoms with Crippen molar-refractivity contribution in [3.8, 4) is 5.69 Å². The third-order valence-electron chi connectivity index (χ3n) is 2.88. The summed E-state index contributed by atoms with van der Waals surface area (Å²) in [6.07, 6.45) is 1.77. The number of benzene rings is 1. The molecule has 2 aromatic rings. The average molecular weight is 263 g/mol. The monoisotopic (exact) mass is 262 g/mol. The van der Waals surface area contributed by atoms with Crippen LogP contribution < -0.4 is 11.2 Å². The molecular formula is C14H15ClN2O. The molecule has 1 aromatic heterocycles. The van der Waals surface area contributed by atoms with Gasteiger partial charge in [0.25, 0.3) is 0 Å². The number of hydrogen-bond donors (Lipinski definition) is 1. The molecule has 0 amide bonds. The third kappa shape index (κ3) is 2.33. The molecule has 0 fully saturated rings. The first-order valence-corrected chi connectivity index (χ1v) is 6.12. The predicted molar refractivity (Wildman–Crippen MR) is 74.4 cm³/mol. The molecule has 3 nitrogen and oxygen atoms in total. The maximum absolute atomic E-state index is 11.8. The molecule has 0 radical (unpaired) electrons. The third-order valence-corrected chi connectivity index (χ3v) is 3.19. The molecule has 0 saturated heterocycles. The Kier molecular flexibility index (Phi) is 3.55. The predicted octanol–water partition coefficient (Wildman–Crippen LogP) is 2.82. The van der Waals surface area contributed by atoms with Crippen LogP contribution in [-0.2, 0) is 0 Å². The van der Waals surface area contributed by atoms with Gasteiger partial charge >= 0.3 is 0 Å². The molecule has 0 aliphatic rings. The molecule has 94 valence electrons. The largest absolute Gasteiger partial charge is 0.324 e. The minimum Gasteiger partial charge on any atom is -0.324 e. The van der Waals surface area contributed by atoms with Crippen molar-refractivity contribution < 1.29 is 0 Å².